The minimum Gasteiger partial charge on any atom is -0.478 e. The van der Waals surface area contributed by atoms with Crippen molar-refractivity contribution in [1.29, 1.82) is 0 Å². The Balaban J connectivity index is 3.27. The van der Waals surface area contributed by atoms with Crippen molar-refractivity contribution < 1.29 is 23.4 Å². The first-order valence-corrected chi connectivity index (χ1v) is 8.31. The van der Waals surface area contributed by atoms with E-state index in [2.05, 4.69) is 10.0 Å². The first-order chi connectivity index (χ1) is 10.1. The Bertz CT molecular complexity index is 635. The van der Waals surface area contributed by atoms with E-state index in [1.807, 2.05) is 0 Å². The smallest absolute Gasteiger partial charge is 0.335 e. The molecule has 0 spiro atoms. The molecule has 1 aromatic carbocycles. The van der Waals surface area contributed by atoms with Crippen molar-refractivity contribution in [3.8, 4) is 0 Å². The third kappa shape index (κ3) is 5.28. The lowest BCUT2D eigenvalue weighted by atomic mass is 10.1. The fourth-order valence-corrected chi connectivity index (χ4v) is 3.41. The van der Waals surface area contributed by atoms with Crippen LogP contribution in [0.5, 0.6) is 0 Å². The molecule has 0 amide bonds. The van der Waals surface area contributed by atoms with Crippen LogP contribution in [0, 0.1) is 0 Å². The van der Waals surface area contributed by atoms with Crippen molar-refractivity contribution in [2.75, 3.05) is 18.5 Å². The molecule has 1 aromatic rings. The molecule has 0 saturated heterocycles. The summed E-state index contributed by atoms with van der Waals surface area (Å²) in [6.07, 6.45) is 0.451. The molecule has 0 aliphatic heterocycles. The predicted molar refractivity (Wildman–Crippen MR) is 83.7 cm³/mol. The quantitative estimate of drug-likeness (QED) is 0.559. The number of anilines is 1. The van der Waals surface area contributed by atoms with Crippen molar-refractivity contribution in [2.45, 2.75) is 37.6 Å². The molecule has 0 aliphatic rings. The third-order valence-corrected chi connectivity index (χ3v) is 4.41. The van der Waals surface area contributed by atoms with E-state index in [0.717, 1.165) is 6.07 Å². The molecule has 0 aromatic heterocycles. The van der Waals surface area contributed by atoms with Crippen molar-refractivity contribution in [2.24, 2.45) is 0 Å². The molecule has 0 heterocycles. The van der Waals surface area contributed by atoms with Gasteiger partial charge in [0.2, 0.25) is 10.0 Å². The van der Waals surface area contributed by atoms with Gasteiger partial charge in [-0.3, -0.25) is 0 Å². The molecule has 22 heavy (non-hydrogen) atoms. The summed E-state index contributed by atoms with van der Waals surface area (Å²) in [4.78, 5) is 10.9. The Morgan fingerprint density at radius 1 is 1.27 bits per heavy atom. The highest BCUT2D eigenvalue weighted by molar-refractivity contribution is 7.89. The highest BCUT2D eigenvalue weighted by atomic mass is 32.2. The lowest BCUT2D eigenvalue weighted by Gasteiger charge is -2.22. The number of carboxylic acids is 1. The molecular formula is C14H22N2O5S. The van der Waals surface area contributed by atoms with Crippen LogP contribution in [0.3, 0.4) is 0 Å². The van der Waals surface area contributed by atoms with E-state index >= 15 is 0 Å². The van der Waals surface area contributed by atoms with Gasteiger partial charge < -0.3 is 15.5 Å². The van der Waals surface area contributed by atoms with Crippen LogP contribution in [0.15, 0.2) is 23.1 Å². The molecular weight excluding hydrogens is 308 g/mol. The zero-order chi connectivity index (χ0) is 17.0. The summed E-state index contributed by atoms with van der Waals surface area (Å²) in [5, 5.41) is 20.7. The van der Waals surface area contributed by atoms with Gasteiger partial charge in [-0.15, -0.1) is 0 Å². The monoisotopic (exact) mass is 330 g/mol. The van der Waals surface area contributed by atoms with Crippen LogP contribution in [0.25, 0.3) is 0 Å². The summed E-state index contributed by atoms with van der Waals surface area (Å²) in [5.41, 5.74) is -0.502. The van der Waals surface area contributed by atoms with Crippen LogP contribution in [-0.2, 0) is 10.0 Å². The number of rotatable bonds is 7. The fraction of sp³-hybridized carbons (Fsp3) is 0.500. The van der Waals surface area contributed by atoms with Crippen LogP contribution >= 0.6 is 0 Å². The summed E-state index contributed by atoms with van der Waals surface area (Å²) in [6.45, 7) is 5.45. The van der Waals surface area contributed by atoms with Gasteiger partial charge in [-0.1, -0.05) is 0 Å². The number of aliphatic hydroxyl groups is 1. The van der Waals surface area contributed by atoms with Crippen LogP contribution in [0.1, 0.15) is 37.6 Å². The van der Waals surface area contributed by atoms with Crippen LogP contribution in [-0.4, -0.2) is 43.3 Å². The van der Waals surface area contributed by atoms with Crippen LogP contribution in [0.4, 0.5) is 5.69 Å². The first-order valence-electron chi connectivity index (χ1n) is 6.83. The third-order valence-electron chi connectivity index (χ3n) is 2.61. The van der Waals surface area contributed by atoms with E-state index < -0.39 is 21.5 Å². The van der Waals surface area contributed by atoms with E-state index in [1.165, 1.54) is 12.1 Å². The number of aliphatic hydroxyl groups excluding tert-OH is 1. The average Bonchev–Trinajstić information content (AvgIpc) is 2.36. The first kappa shape index (κ1) is 18.4. The van der Waals surface area contributed by atoms with Gasteiger partial charge in [0.15, 0.2) is 0 Å². The van der Waals surface area contributed by atoms with Gasteiger partial charge in [0.1, 0.15) is 4.90 Å². The maximum atomic E-state index is 12.5. The zero-order valence-electron chi connectivity index (χ0n) is 12.9. The summed E-state index contributed by atoms with van der Waals surface area (Å²) in [7, 11) is -3.88. The molecule has 0 atom stereocenters. The number of sulfonamides is 1. The average molecular weight is 330 g/mol. The lowest BCUT2D eigenvalue weighted by molar-refractivity contribution is 0.0696. The van der Waals surface area contributed by atoms with Crippen molar-refractivity contribution in [3.63, 3.8) is 0 Å². The molecule has 4 N–H and O–H groups in total. The Morgan fingerprint density at radius 3 is 2.41 bits per heavy atom. The second kappa shape index (κ2) is 7.08. The highest BCUT2D eigenvalue weighted by Gasteiger charge is 2.25. The highest BCUT2D eigenvalue weighted by Crippen LogP contribution is 2.24. The van der Waals surface area contributed by atoms with Gasteiger partial charge in [0, 0.05) is 18.7 Å². The summed E-state index contributed by atoms with van der Waals surface area (Å²) in [5.74, 6) is -1.20. The second-order valence-corrected chi connectivity index (χ2v) is 7.53. The number of carbonyl (C=O) groups is 1. The maximum absolute atomic E-state index is 12.5. The van der Waals surface area contributed by atoms with Crippen LogP contribution in [0.2, 0.25) is 0 Å². The van der Waals surface area contributed by atoms with E-state index in [-0.39, 0.29) is 17.1 Å². The topological polar surface area (TPSA) is 116 Å². The molecule has 0 aliphatic carbocycles. The van der Waals surface area contributed by atoms with Crippen molar-refractivity contribution in [1.82, 2.24) is 4.72 Å². The van der Waals surface area contributed by atoms with Gasteiger partial charge in [-0.2, -0.15) is 0 Å². The number of aromatic carboxylic acids is 1. The maximum Gasteiger partial charge on any atom is 0.335 e. The minimum absolute atomic E-state index is 0.0253. The standard InChI is InChI=1S/C14H22N2O5S/c1-14(2,3)16-22(20,21)12-9-10(13(18)19)5-6-11(12)15-7-4-8-17/h5-6,9,15-17H,4,7-8H2,1-3H3,(H,18,19). The zero-order valence-corrected chi connectivity index (χ0v) is 13.7. The molecule has 0 radical (unpaired) electrons. The largest absolute Gasteiger partial charge is 0.478 e. The van der Waals surface area contributed by atoms with Gasteiger partial charge in [-0.05, 0) is 45.4 Å². The van der Waals surface area contributed by atoms with Gasteiger partial charge in [-0.25, -0.2) is 17.9 Å². The SMILES string of the molecule is CC(C)(C)NS(=O)(=O)c1cc(C(=O)O)ccc1NCCCO. The van der Waals surface area contributed by atoms with E-state index in [1.54, 1.807) is 20.8 Å². The van der Waals surface area contributed by atoms with Crippen molar-refractivity contribution >= 4 is 21.7 Å². The molecule has 1 rings (SSSR count). The lowest BCUT2D eigenvalue weighted by Crippen LogP contribution is -2.40. The predicted octanol–water partition coefficient (Wildman–Crippen LogP) is 1.26. The Hall–Kier alpha value is -1.64. The van der Waals surface area contributed by atoms with Gasteiger partial charge in [0.05, 0.1) is 11.3 Å². The second-order valence-electron chi connectivity index (χ2n) is 5.88. The van der Waals surface area contributed by atoms with E-state index in [4.69, 9.17) is 10.2 Å². The summed E-state index contributed by atoms with van der Waals surface area (Å²) < 4.78 is 27.5. The molecule has 0 unspecified atom stereocenters. The Labute approximate surface area is 130 Å². The van der Waals surface area contributed by atoms with E-state index in [9.17, 15) is 13.2 Å². The summed E-state index contributed by atoms with van der Waals surface area (Å²) >= 11 is 0. The number of nitrogens with one attached hydrogen (secondary N) is 2. The van der Waals surface area contributed by atoms with Crippen LogP contribution < -0.4 is 10.0 Å². The molecule has 0 fully saturated rings. The number of hydrogen-bond donors (Lipinski definition) is 4. The number of carboxylic acid groups (broad SMARTS) is 1. The molecule has 8 heteroatoms. The molecule has 0 bridgehead atoms. The number of hydrogen-bond acceptors (Lipinski definition) is 5. The molecule has 124 valence electrons. The fourth-order valence-electron chi connectivity index (χ4n) is 1.78. The molecule has 7 nitrogen and oxygen atoms in total. The number of benzene rings is 1. The minimum atomic E-state index is -3.88. The molecule has 0 saturated carbocycles. The van der Waals surface area contributed by atoms with Gasteiger partial charge >= 0.3 is 5.97 Å². The van der Waals surface area contributed by atoms with Crippen molar-refractivity contribution in [3.05, 3.63) is 23.8 Å². The van der Waals surface area contributed by atoms with Gasteiger partial charge in [0.25, 0.3) is 0 Å². The van der Waals surface area contributed by atoms with E-state index in [0.29, 0.717) is 18.7 Å². The Kier molecular flexibility index (Phi) is 5.92. The Morgan fingerprint density at radius 2 is 1.91 bits per heavy atom. The normalized spacial score (nSPS) is 12.2. The summed E-state index contributed by atoms with van der Waals surface area (Å²) in [6, 6.07) is 3.87.